The fourth-order valence-electron chi connectivity index (χ4n) is 1.35. The summed E-state index contributed by atoms with van der Waals surface area (Å²) in [6.07, 6.45) is 0.0817. The summed E-state index contributed by atoms with van der Waals surface area (Å²) in [6, 6.07) is 5.42. The molecule has 1 unspecified atom stereocenters. The Morgan fingerprint density at radius 3 is 2.88 bits per heavy atom. The van der Waals surface area contributed by atoms with Gasteiger partial charge in [-0.1, -0.05) is 0 Å². The molecule has 0 radical (unpaired) electrons. The lowest BCUT2D eigenvalue weighted by molar-refractivity contribution is -0.137. The van der Waals surface area contributed by atoms with Gasteiger partial charge in [0.2, 0.25) is 0 Å². The van der Waals surface area contributed by atoms with Crippen molar-refractivity contribution in [2.75, 3.05) is 12.4 Å². The van der Waals surface area contributed by atoms with E-state index in [2.05, 4.69) is 21.2 Å². The first-order valence-electron chi connectivity index (χ1n) is 4.84. The van der Waals surface area contributed by atoms with Crippen LogP contribution >= 0.6 is 15.9 Å². The highest BCUT2D eigenvalue weighted by atomic mass is 79.9. The molecular weight excluding hydrogens is 274 g/mol. The van der Waals surface area contributed by atoms with Crippen LogP contribution in [0.2, 0.25) is 0 Å². The molecule has 0 bridgehead atoms. The Morgan fingerprint density at radius 2 is 2.31 bits per heavy atom. The molecule has 1 aromatic rings. The van der Waals surface area contributed by atoms with E-state index in [0.29, 0.717) is 5.75 Å². The highest BCUT2D eigenvalue weighted by Crippen LogP contribution is 2.28. The number of rotatable bonds is 5. The van der Waals surface area contributed by atoms with Crippen LogP contribution < -0.4 is 10.1 Å². The molecule has 0 saturated carbocycles. The average molecular weight is 288 g/mol. The molecule has 1 rings (SSSR count). The van der Waals surface area contributed by atoms with Crippen LogP contribution in [0.25, 0.3) is 0 Å². The van der Waals surface area contributed by atoms with Crippen molar-refractivity contribution < 1.29 is 14.6 Å². The molecule has 88 valence electrons. The second kappa shape index (κ2) is 5.75. The molecule has 0 saturated heterocycles. The maximum Gasteiger partial charge on any atom is 0.305 e. The number of hydrogen-bond acceptors (Lipinski definition) is 3. The smallest absolute Gasteiger partial charge is 0.305 e. The minimum absolute atomic E-state index is 0.0817. The Hall–Kier alpha value is -1.23. The predicted octanol–water partition coefficient (Wildman–Crippen LogP) is 2.73. The van der Waals surface area contributed by atoms with Crippen LogP contribution in [0, 0.1) is 0 Å². The Labute approximate surface area is 103 Å². The lowest BCUT2D eigenvalue weighted by Gasteiger charge is -2.14. The number of methoxy groups -OCH3 is 1. The lowest BCUT2D eigenvalue weighted by atomic mass is 10.2. The van der Waals surface area contributed by atoms with Crippen LogP contribution in [0.5, 0.6) is 5.75 Å². The van der Waals surface area contributed by atoms with Crippen LogP contribution in [0.4, 0.5) is 5.69 Å². The molecule has 0 fully saturated rings. The molecular formula is C11H14BrNO3. The van der Waals surface area contributed by atoms with Gasteiger partial charge in [0, 0.05) is 17.8 Å². The molecule has 4 nitrogen and oxygen atoms in total. The first kappa shape index (κ1) is 12.8. The van der Waals surface area contributed by atoms with Crippen LogP contribution in [-0.4, -0.2) is 24.2 Å². The second-order valence-electron chi connectivity index (χ2n) is 3.49. The van der Waals surface area contributed by atoms with Crippen molar-refractivity contribution in [1.82, 2.24) is 0 Å². The SMILES string of the molecule is COc1cc(NC(C)CC(=O)O)ccc1Br. The Kier molecular flexibility index (Phi) is 4.61. The van der Waals surface area contributed by atoms with E-state index in [1.165, 1.54) is 0 Å². The van der Waals surface area contributed by atoms with Gasteiger partial charge in [0.15, 0.2) is 0 Å². The highest BCUT2D eigenvalue weighted by Gasteiger charge is 2.08. The summed E-state index contributed by atoms with van der Waals surface area (Å²) < 4.78 is 6.01. The number of carboxylic acids is 1. The number of carbonyl (C=O) groups is 1. The van der Waals surface area contributed by atoms with E-state index in [1.54, 1.807) is 7.11 Å². The van der Waals surface area contributed by atoms with Crippen LogP contribution in [0.15, 0.2) is 22.7 Å². The lowest BCUT2D eigenvalue weighted by Crippen LogP contribution is -2.19. The summed E-state index contributed by atoms with van der Waals surface area (Å²) in [6.45, 7) is 1.82. The number of ether oxygens (including phenoxy) is 1. The zero-order valence-electron chi connectivity index (χ0n) is 9.16. The van der Waals surface area contributed by atoms with E-state index in [9.17, 15) is 4.79 Å². The van der Waals surface area contributed by atoms with E-state index in [4.69, 9.17) is 9.84 Å². The molecule has 1 atom stereocenters. The minimum atomic E-state index is -0.816. The fourth-order valence-corrected chi connectivity index (χ4v) is 1.76. The third-order valence-corrected chi connectivity index (χ3v) is 2.70. The molecule has 0 spiro atoms. The molecule has 2 N–H and O–H groups in total. The predicted molar refractivity (Wildman–Crippen MR) is 66.0 cm³/mol. The van der Waals surface area contributed by atoms with Crippen molar-refractivity contribution in [2.24, 2.45) is 0 Å². The normalized spacial score (nSPS) is 11.9. The summed E-state index contributed by atoms with van der Waals surface area (Å²) in [7, 11) is 1.59. The Balaban J connectivity index is 2.70. The molecule has 0 aliphatic carbocycles. The van der Waals surface area contributed by atoms with E-state index in [0.717, 1.165) is 10.2 Å². The number of benzene rings is 1. The zero-order valence-corrected chi connectivity index (χ0v) is 10.7. The van der Waals surface area contributed by atoms with Gasteiger partial charge in [-0.25, -0.2) is 0 Å². The number of hydrogen-bond donors (Lipinski definition) is 2. The maximum atomic E-state index is 10.5. The molecule has 5 heteroatoms. The number of anilines is 1. The third kappa shape index (κ3) is 3.73. The largest absolute Gasteiger partial charge is 0.495 e. The summed E-state index contributed by atoms with van der Waals surface area (Å²) in [5, 5.41) is 11.7. The third-order valence-electron chi connectivity index (χ3n) is 2.04. The van der Waals surface area contributed by atoms with Gasteiger partial charge in [-0.3, -0.25) is 4.79 Å². The monoisotopic (exact) mass is 287 g/mol. The summed E-state index contributed by atoms with van der Waals surface area (Å²) in [4.78, 5) is 10.5. The Morgan fingerprint density at radius 1 is 1.62 bits per heavy atom. The van der Waals surface area contributed by atoms with Crippen molar-refractivity contribution in [3.63, 3.8) is 0 Å². The summed E-state index contributed by atoms with van der Waals surface area (Å²) in [5.41, 5.74) is 0.841. The number of aliphatic carboxylic acids is 1. The van der Waals surface area contributed by atoms with Gasteiger partial charge in [-0.15, -0.1) is 0 Å². The van der Waals surface area contributed by atoms with Crippen LogP contribution in [0.3, 0.4) is 0 Å². The van der Waals surface area contributed by atoms with Crippen molar-refractivity contribution in [3.05, 3.63) is 22.7 Å². The average Bonchev–Trinajstić information content (AvgIpc) is 2.19. The Bertz CT molecular complexity index is 381. The standard InChI is InChI=1S/C11H14BrNO3/c1-7(5-11(14)15)13-8-3-4-9(12)10(6-8)16-2/h3-4,6-7,13H,5H2,1-2H3,(H,14,15). The molecule has 0 aliphatic rings. The quantitative estimate of drug-likeness (QED) is 0.874. The molecule has 0 aliphatic heterocycles. The molecule has 0 amide bonds. The minimum Gasteiger partial charge on any atom is -0.495 e. The van der Waals surface area contributed by atoms with E-state index in [1.807, 2.05) is 25.1 Å². The van der Waals surface area contributed by atoms with Crippen molar-refractivity contribution in [3.8, 4) is 5.75 Å². The van der Waals surface area contributed by atoms with Crippen molar-refractivity contribution in [2.45, 2.75) is 19.4 Å². The molecule has 16 heavy (non-hydrogen) atoms. The van der Waals surface area contributed by atoms with Crippen LogP contribution in [0.1, 0.15) is 13.3 Å². The van der Waals surface area contributed by atoms with E-state index >= 15 is 0 Å². The molecule has 0 aromatic heterocycles. The number of nitrogens with one attached hydrogen (secondary N) is 1. The van der Waals surface area contributed by atoms with Gasteiger partial charge >= 0.3 is 5.97 Å². The summed E-state index contributed by atoms with van der Waals surface area (Å²) in [5.74, 6) is -0.100. The van der Waals surface area contributed by atoms with Gasteiger partial charge in [0.05, 0.1) is 18.0 Å². The zero-order chi connectivity index (χ0) is 12.1. The van der Waals surface area contributed by atoms with Gasteiger partial charge in [-0.2, -0.15) is 0 Å². The van der Waals surface area contributed by atoms with Gasteiger partial charge in [-0.05, 0) is 35.0 Å². The molecule has 0 heterocycles. The molecule has 1 aromatic carbocycles. The van der Waals surface area contributed by atoms with Crippen molar-refractivity contribution in [1.29, 1.82) is 0 Å². The maximum absolute atomic E-state index is 10.5. The van der Waals surface area contributed by atoms with Gasteiger partial charge in [0.1, 0.15) is 5.75 Å². The highest BCUT2D eigenvalue weighted by molar-refractivity contribution is 9.10. The first-order valence-corrected chi connectivity index (χ1v) is 5.64. The second-order valence-corrected chi connectivity index (χ2v) is 4.35. The number of carboxylic acid groups (broad SMARTS) is 1. The fraction of sp³-hybridized carbons (Fsp3) is 0.364. The number of halogens is 1. The van der Waals surface area contributed by atoms with Crippen molar-refractivity contribution >= 4 is 27.6 Å². The summed E-state index contributed by atoms with van der Waals surface area (Å²) >= 11 is 3.35. The topological polar surface area (TPSA) is 58.6 Å². The van der Waals surface area contributed by atoms with Gasteiger partial charge < -0.3 is 15.2 Å². The van der Waals surface area contributed by atoms with Crippen LogP contribution in [-0.2, 0) is 4.79 Å². The van der Waals surface area contributed by atoms with Gasteiger partial charge in [0.25, 0.3) is 0 Å². The first-order chi connectivity index (χ1) is 7.52. The van der Waals surface area contributed by atoms with E-state index in [-0.39, 0.29) is 12.5 Å². The van der Waals surface area contributed by atoms with E-state index < -0.39 is 5.97 Å².